The van der Waals surface area contributed by atoms with Gasteiger partial charge in [-0.3, -0.25) is 4.79 Å². The average molecular weight is 259 g/mol. The first kappa shape index (κ1) is 13.8. The van der Waals surface area contributed by atoms with Crippen LogP contribution in [0.25, 0.3) is 6.08 Å². The number of aryl methyl sites for hydroxylation is 1. The second-order valence-corrected chi connectivity index (χ2v) is 5.12. The van der Waals surface area contributed by atoms with E-state index >= 15 is 0 Å². The van der Waals surface area contributed by atoms with E-state index in [1.807, 2.05) is 32.1 Å². The topological polar surface area (TPSA) is 38.3 Å². The zero-order chi connectivity index (χ0) is 13.8. The minimum absolute atomic E-state index is 0.0464. The number of hydrogen-bond donors (Lipinski definition) is 1. The van der Waals surface area contributed by atoms with Gasteiger partial charge in [-0.15, -0.1) is 0 Å². The van der Waals surface area contributed by atoms with Crippen LogP contribution in [0.2, 0.25) is 0 Å². The van der Waals surface area contributed by atoms with E-state index in [0.717, 1.165) is 35.1 Å². The highest BCUT2D eigenvalue weighted by atomic mass is 16.5. The smallest absolute Gasteiger partial charge is 0.251 e. The third-order valence-electron chi connectivity index (χ3n) is 3.42. The van der Waals surface area contributed by atoms with E-state index in [2.05, 4.69) is 11.4 Å². The van der Waals surface area contributed by atoms with Gasteiger partial charge in [0.2, 0.25) is 0 Å². The monoisotopic (exact) mass is 259 g/mol. The summed E-state index contributed by atoms with van der Waals surface area (Å²) < 4.78 is 4.99. The van der Waals surface area contributed by atoms with E-state index in [-0.39, 0.29) is 5.91 Å². The number of nitrogens with one attached hydrogen (secondary N) is 1. The lowest BCUT2D eigenvalue weighted by Crippen LogP contribution is -2.26. The predicted octanol–water partition coefficient (Wildman–Crippen LogP) is 2.86. The summed E-state index contributed by atoms with van der Waals surface area (Å²) >= 11 is 0. The summed E-state index contributed by atoms with van der Waals surface area (Å²) in [7, 11) is 1.67. The molecule has 1 aliphatic carbocycles. The molecule has 1 aliphatic rings. The van der Waals surface area contributed by atoms with Crippen molar-refractivity contribution in [2.24, 2.45) is 0 Å². The number of ether oxygens (including phenoxy) is 1. The van der Waals surface area contributed by atoms with E-state index in [4.69, 9.17) is 4.74 Å². The van der Waals surface area contributed by atoms with Gasteiger partial charge in [-0.05, 0) is 49.4 Å². The standard InChI is InChI=1S/C16H21NO2/c1-11-9-13(5-4-8-19-3)10-15(12(11)2)16(18)17-14-6-7-14/h4-5,9-10,14H,6-8H2,1-3H3,(H,17,18). The Morgan fingerprint density at radius 3 is 2.79 bits per heavy atom. The second-order valence-electron chi connectivity index (χ2n) is 5.12. The van der Waals surface area contributed by atoms with Gasteiger partial charge < -0.3 is 10.1 Å². The number of rotatable bonds is 5. The van der Waals surface area contributed by atoms with E-state index in [9.17, 15) is 4.79 Å². The van der Waals surface area contributed by atoms with Crippen molar-refractivity contribution in [3.8, 4) is 0 Å². The first-order chi connectivity index (χ1) is 9.11. The Kier molecular flexibility index (Phi) is 4.38. The fraction of sp³-hybridized carbons (Fsp3) is 0.438. The van der Waals surface area contributed by atoms with Crippen molar-refractivity contribution in [2.75, 3.05) is 13.7 Å². The summed E-state index contributed by atoms with van der Waals surface area (Å²) in [6, 6.07) is 4.43. The molecule has 1 fully saturated rings. The molecule has 0 heterocycles. The fourth-order valence-corrected chi connectivity index (χ4v) is 1.99. The molecule has 0 spiro atoms. The first-order valence-corrected chi connectivity index (χ1v) is 6.69. The van der Waals surface area contributed by atoms with Crippen molar-refractivity contribution in [1.82, 2.24) is 5.32 Å². The maximum atomic E-state index is 12.2. The van der Waals surface area contributed by atoms with Gasteiger partial charge in [-0.25, -0.2) is 0 Å². The van der Waals surface area contributed by atoms with Gasteiger partial charge in [0.15, 0.2) is 0 Å². The minimum Gasteiger partial charge on any atom is -0.381 e. The number of benzene rings is 1. The number of methoxy groups -OCH3 is 1. The van der Waals surface area contributed by atoms with Crippen molar-refractivity contribution >= 4 is 12.0 Å². The third-order valence-corrected chi connectivity index (χ3v) is 3.42. The Morgan fingerprint density at radius 1 is 1.42 bits per heavy atom. The normalized spacial score (nSPS) is 14.9. The largest absolute Gasteiger partial charge is 0.381 e. The van der Waals surface area contributed by atoms with E-state index in [1.165, 1.54) is 0 Å². The molecule has 0 unspecified atom stereocenters. The van der Waals surface area contributed by atoms with Crippen molar-refractivity contribution < 1.29 is 9.53 Å². The van der Waals surface area contributed by atoms with Crippen LogP contribution >= 0.6 is 0 Å². The third kappa shape index (κ3) is 3.67. The molecular formula is C16H21NO2. The van der Waals surface area contributed by atoms with Gasteiger partial charge in [0.1, 0.15) is 0 Å². The van der Waals surface area contributed by atoms with Gasteiger partial charge in [0.25, 0.3) is 5.91 Å². The Morgan fingerprint density at radius 2 is 2.16 bits per heavy atom. The summed E-state index contributed by atoms with van der Waals surface area (Å²) in [6.45, 7) is 4.62. The van der Waals surface area contributed by atoms with Crippen LogP contribution in [0.15, 0.2) is 18.2 Å². The highest BCUT2D eigenvalue weighted by Gasteiger charge is 2.24. The fourth-order valence-electron chi connectivity index (χ4n) is 1.99. The molecular weight excluding hydrogens is 238 g/mol. The number of hydrogen-bond acceptors (Lipinski definition) is 2. The van der Waals surface area contributed by atoms with Crippen LogP contribution in [0, 0.1) is 13.8 Å². The second kappa shape index (κ2) is 6.02. The molecule has 1 saturated carbocycles. The van der Waals surface area contributed by atoms with Crippen LogP contribution in [-0.2, 0) is 4.74 Å². The number of amides is 1. The van der Waals surface area contributed by atoms with Crippen molar-refractivity contribution in [3.05, 3.63) is 40.5 Å². The van der Waals surface area contributed by atoms with Crippen LogP contribution in [-0.4, -0.2) is 25.7 Å². The highest BCUT2D eigenvalue weighted by Crippen LogP contribution is 2.22. The molecule has 0 radical (unpaired) electrons. The summed E-state index contributed by atoms with van der Waals surface area (Å²) in [5, 5.41) is 3.04. The molecule has 1 aromatic rings. The molecule has 19 heavy (non-hydrogen) atoms. The Balaban J connectivity index is 2.22. The summed E-state index contributed by atoms with van der Waals surface area (Å²) in [4.78, 5) is 12.2. The van der Waals surface area contributed by atoms with Gasteiger partial charge in [-0.1, -0.05) is 18.2 Å². The molecule has 0 saturated heterocycles. The molecule has 0 aliphatic heterocycles. The SMILES string of the molecule is COCC=Cc1cc(C)c(C)c(C(=O)NC2CC2)c1. The zero-order valence-corrected chi connectivity index (χ0v) is 11.8. The van der Waals surface area contributed by atoms with E-state index < -0.39 is 0 Å². The Labute approximate surface area is 114 Å². The van der Waals surface area contributed by atoms with Crippen molar-refractivity contribution in [3.63, 3.8) is 0 Å². The zero-order valence-electron chi connectivity index (χ0n) is 11.8. The molecule has 3 nitrogen and oxygen atoms in total. The molecule has 2 rings (SSSR count). The van der Waals surface area contributed by atoms with Crippen LogP contribution in [0.3, 0.4) is 0 Å². The lowest BCUT2D eigenvalue weighted by atomic mass is 9.98. The number of carbonyl (C=O) groups excluding carboxylic acids is 1. The predicted molar refractivity (Wildman–Crippen MR) is 77.3 cm³/mol. The van der Waals surface area contributed by atoms with Gasteiger partial charge in [-0.2, -0.15) is 0 Å². The van der Waals surface area contributed by atoms with Crippen LogP contribution < -0.4 is 5.32 Å². The van der Waals surface area contributed by atoms with Crippen molar-refractivity contribution in [2.45, 2.75) is 32.7 Å². The maximum absolute atomic E-state index is 12.2. The lowest BCUT2D eigenvalue weighted by Gasteiger charge is -2.11. The maximum Gasteiger partial charge on any atom is 0.251 e. The molecule has 0 bridgehead atoms. The molecule has 0 atom stereocenters. The van der Waals surface area contributed by atoms with E-state index in [1.54, 1.807) is 7.11 Å². The van der Waals surface area contributed by atoms with Crippen LogP contribution in [0.1, 0.15) is 39.9 Å². The molecule has 1 amide bonds. The van der Waals surface area contributed by atoms with Crippen molar-refractivity contribution in [1.29, 1.82) is 0 Å². The molecule has 102 valence electrons. The molecule has 1 N–H and O–H groups in total. The number of carbonyl (C=O) groups is 1. The molecule has 3 heteroatoms. The van der Waals surface area contributed by atoms with Gasteiger partial charge >= 0.3 is 0 Å². The lowest BCUT2D eigenvalue weighted by molar-refractivity contribution is 0.0950. The molecule has 1 aromatic carbocycles. The summed E-state index contributed by atoms with van der Waals surface area (Å²) in [5.41, 5.74) is 4.02. The van der Waals surface area contributed by atoms with Gasteiger partial charge in [0, 0.05) is 18.7 Å². The van der Waals surface area contributed by atoms with Crippen LogP contribution in [0.4, 0.5) is 0 Å². The van der Waals surface area contributed by atoms with Crippen LogP contribution in [0.5, 0.6) is 0 Å². The summed E-state index contributed by atoms with van der Waals surface area (Å²) in [6.07, 6.45) is 6.16. The highest BCUT2D eigenvalue weighted by molar-refractivity contribution is 5.97. The van der Waals surface area contributed by atoms with E-state index in [0.29, 0.717) is 12.6 Å². The average Bonchev–Trinajstić information content (AvgIpc) is 3.17. The minimum atomic E-state index is 0.0464. The first-order valence-electron chi connectivity index (χ1n) is 6.69. The molecule has 0 aromatic heterocycles. The summed E-state index contributed by atoms with van der Waals surface area (Å²) in [5.74, 6) is 0.0464. The van der Waals surface area contributed by atoms with Gasteiger partial charge in [0.05, 0.1) is 6.61 Å². The Bertz CT molecular complexity index is 502. The quantitative estimate of drug-likeness (QED) is 0.883. The Hall–Kier alpha value is -1.61.